The van der Waals surface area contributed by atoms with Crippen LogP contribution < -0.4 is 14.5 Å². The number of fused-ring (bicyclic) bond motifs is 4. The highest BCUT2D eigenvalue weighted by Crippen LogP contribution is 2.38. The summed E-state index contributed by atoms with van der Waals surface area (Å²) in [6, 6.07) is 6.96. The first-order valence-electron chi connectivity index (χ1n) is 14.9. The van der Waals surface area contributed by atoms with Crippen LogP contribution in [0.4, 0.5) is 16.3 Å². The summed E-state index contributed by atoms with van der Waals surface area (Å²) in [5.74, 6) is 1.13. The summed E-state index contributed by atoms with van der Waals surface area (Å²) in [6.45, 7) is 4.29. The van der Waals surface area contributed by atoms with Crippen LogP contribution in [0.1, 0.15) is 65.7 Å². The van der Waals surface area contributed by atoms with E-state index in [1.807, 2.05) is 0 Å². The number of aromatic nitrogens is 2. The Hall–Kier alpha value is -3.40. The molecule has 3 atom stereocenters. The molecule has 10 nitrogen and oxygen atoms in total. The van der Waals surface area contributed by atoms with E-state index < -0.39 is 6.09 Å². The van der Waals surface area contributed by atoms with E-state index in [1.54, 1.807) is 4.90 Å². The van der Waals surface area contributed by atoms with Crippen LogP contribution in [-0.2, 0) is 19.4 Å². The molecule has 0 radical (unpaired) electrons. The van der Waals surface area contributed by atoms with Gasteiger partial charge < -0.3 is 24.5 Å². The second-order valence-corrected chi connectivity index (χ2v) is 12.1. The van der Waals surface area contributed by atoms with Gasteiger partial charge in [-0.05, 0) is 70.2 Å². The van der Waals surface area contributed by atoms with Gasteiger partial charge in [0.15, 0.2) is 5.78 Å². The van der Waals surface area contributed by atoms with Crippen molar-refractivity contribution in [1.29, 1.82) is 0 Å². The highest BCUT2D eigenvalue weighted by atomic mass is 16.5. The molecule has 4 aliphatic heterocycles. The summed E-state index contributed by atoms with van der Waals surface area (Å²) in [5, 5.41) is 9.78. The molecule has 1 amide bonds. The molecule has 0 unspecified atom stereocenters. The molecular formula is C30H38N6O4. The van der Waals surface area contributed by atoms with Gasteiger partial charge in [0.25, 0.3) is 0 Å². The SMILES string of the molecule is CN1CCC[C@H]1COc1nc2c(c(N3C[C@H]4CC[C@@H](C3)N4C(=O)O)n1)CCN(c1cccc3c1C(=O)CCC3)C2. The molecule has 7 rings (SSSR count). The van der Waals surface area contributed by atoms with Crippen molar-refractivity contribution in [3.8, 4) is 6.01 Å². The molecule has 5 aliphatic rings. The molecule has 3 fully saturated rings. The number of anilines is 2. The third-order valence-corrected chi connectivity index (χ3v) is 9.70. The number of carboxylic acid groups (broad SMARTS) is 1. The van der Waals surface area contributed by atoms with Gasteiger partial charge in [0.1, 0.15) is 12.4 Å². The summed E-state index contributed by atoms with van der Waals surface area (Å²) in [5.41, 5.74) is 5.12. The number of piperazine rings is 1. The average molecular weight is 547 g/mol. The predicted octanol–water partition coefficient (Wildman–Crippen LogP) is 3.36. The quantitative estimate of drug-likeness (QED) is 0.605. The van der Waals surface area contributed by atoms with E-state index in [1.165, 1.54) is 6.42 Å². The summed E-state index contributed by atoms with van der Waals surface area (Å²) in [6.07, 6.45) is 6.48. The van der Waals surface area contributed by atoms with E-state index in [-0.39, 0.29) is 17.9 Å². The van der Waals surface area contributed by atoms with Crippen LogP contribution in [-0.4, -0.2) is 94.7 Å². The third-order valence-electron chi connectivity index (χ3n) is 9.70. The number of benzene rings is 1. The number of carbonyl (C=O) groups is 2. The number of amides is 1. The van der Waals surface area contributed by atoms with Crippen molar-refractivity contribution in [2.45, 2.75) is 76.0 Å². The van der Waals surface area contributed by atoms with Crippen LogP contribution in [0.3, 0.4) is 0 Å². The molecule has 0 spiro atoms. The molecule has 1 aromatic carbocycles. The minimum Gasteiger partial charge on any atom is -0.465 e. The lowest BCUT2D eigenvalue weighted by Crippen LogP contribution is -2.56. The number of ether oxygens (including phenoxy) is 1. The Kier molecular flexibility index (Phi) is 6.53. The number of aryl methyl sites for hydroxylation is 1. The topological polar surface area (TPSA) is 102 Å². The van der Waals surface area contributed by atoms with Crippen molar-refractivity contribution in [3.05, 3.63) is 40.6 Å². The Labute approximate surface area is 234 Å². The molecule has 2 aromatic rings. The van der Waals surface area contributed by atoms with E-state index in [0.29, 0.717) is 44.7 Å². The van der Waals surface area contributed by atoms with E-state index in [2.05, 4.69) is 39.9 Å². The first-order chi connectivity index (χ1) is 19.5. The molecule has 2 bridgehead atoms. The highest BCUT2D eigenvalue weighted by molar-refractivity contribution is 6.03. The second-order valence-electron chi connectivity index (χ2n) is 12.1. The maximum absolute atomic E-state index is 13.0. The number of likely N-dealkylation sites (N-methyl/N-ethyl adjacent to an activating group) is 1. The van der Waals surface area contributed by atoms with Crippen molar-refractivity contribution in [1.82, 2.24) is 19.8 Å². The van der Waals surface area contributed by atoms with Crippen LogP contribution >= 0.6 is 0 Å². The zero-order chi connectivity index (χ0) is 27.4. The maximum Gasteiger partial charge on any atom is 0.407 e. The van der Waals surface area contributed by atoms with Gasteiger partial charge in [0, 0.05) is 48.9 Å². The molecule has 0 saturated carbocycles. The number of ketones is 1. The average Bonchev–Trinajstić information content (AvgIpc) is 3.49. The van der Waals surface area contributed by atoms with Crippen molar-refractivity contribution in [2.24, 2.45) is 0 Å². The Morgan fingerprint density at radius 1 is 1.02 bits per heavy atom. The molecule has 1 aliphatic carbocycles. The zero-order valence-corrected chi connectivity index (χ0v) is 23.2. The van der Waals surface area contributed by atoms with Crippen molar-refractivity contribution in [2.75, 3.05) is 49.6 Å². The maximum atomic E-state index is 13.0. The van der Waals surface area contributed by atoms with Gasteiger partial charge in [0.05, 0.1) is 24.3 Å². The smallest absolute Gasteiger partial charge is 0.407 e. The van der Waals surface area contributed by atoms with Crippen LogP contribution in [0.15, 0.2) is 18.2 Å². The Balaban J connectivity index is 1.21. The molecular weight excluding hydrogens is 508 g/mol. The minimum absolute atomic E-state index is 0.0136. The van der Waals surface area contributed by atoms with E-state index in [0.717, 1.165) is 85.5 Å². The van der Waals surface area contributed by atoms with Crippen LogP contribution in [0.5, 0.6) is 6.01 Å². The Bertz CT molecular complexity index is 1320. The number of hydrogen-bond acceptors (Lipinski definition) is 8. The van der Waals surface area contributed by atoms with E-state index in [4.69, 9.17) is 14.7 Å². The number of nitrogens with zero attached hydrogens (tertiary/aromatic N) is 6. The van der Waals surface area contributed by atoms with Gasteiger partial charge >= 0.3 is 12.1 Å². The van der Waals surface area contributed by atoms with E-state index in [9.17, 15) is 14.7 Å². The van der Waals surface area contributed by atoms with Crippen LogP contribution in [0, 0.1) is 0 Å². The standard InChI is InChI=1S/C30H38N6O4/c1-33-13-4-7-22(33)18-40-29-31-24-17-34(25-8-2-5-19-6-3-9-26(37)27(19)25)14-12-23(24)28(32-29)35-15-20-10-11-21(16-35)36(20)30(38)39/h2,5,8,20-22H,3-4,6-7,9-18H2,1H3,(H,38,39)/t20-,21+,22-/m0/s1. The first-order valence-corrected chi connectivity index (χ1v) is 14.9. The second kappa shape index (κ2) is 10.2. The fourth-order valence-electron chi connectivity index (χ4n) is 7.61. The third kappa shape index (κ3) is 4.46. The zero-order valence-electron chi connectivity index (χ0n) is 23.2. The highest BCUT2D eigenvalue weighted by Gasteiger charge is 2.44. The summed E-state index contributed by atoms with van der Waals surface area (Å²) < 4.78 is 6.27. The minimum atomic E-state index is -0.821. The van der Waals surface area contributed by atoms with Gasteiger partial charge in [0.2, 0.25) is 0 Å². The normalized spacial score (nSPS) is 26.2. The fraction of sp³-hybridized carbons (Fsp3) is 0.600. The number of Topliss-reactive ketones (excluding diaryl/α,β-unsaturated/α-hetero) is 1. The molecule has 10 heteroatoms. The molecule has 212 valence electrons. The molecule has 5 heterocycles. The molecule has 40 heavy (non-hydrogen) atoms. The summed E-state index contributed by atoms with van der Waals surface area (Å²) >= 11 is 0. The number of likely N-dealkylation sites (tertiary alicyclic amines) is 1. The lowest BCUT2D eigenvalue weighted by atomic mass is 9.88. The van der Waals surface area contributed by atoms with Gasteiger partial charge in [-0.2, -0.15) is 9.97 Å². The number of rotatable bonds is 5. The van der Waals surface area contributed by atoms with Crippen molar-refractivity contribution < 1.29 is 19.4 Å². The van der Waals surface area contributed by atoms with Crippen molar-refractivity contribution >= 4 is 23.4 Å². The fourth-order valence-corrected chi connectivity index (χ4v) is 7.61. The van der Waals surface area contributed by atoms with Crippen molar-refractivity contribution in [3.63, 3.8) is 0 Å². The van der Waals surface area contributed by atoms with Crippen LogP contribution in [0.2, 0.25) is 0 Å². The molecule has 1 aromatic heterocycles. The Morgan fingerprint density at radius 3 is 2.60 bits per heavy atom. The van der Waals surface area contributed by atoms with Gasteiger partial charge in [-0.1, -0.05) is 12.1 Å². The lowest BCUT2D eigenvalue weighted by Gasteiger charge is -2.41. The van der Waals surface area contributed by atoms with E-state index >= 15 is 0 Å². The first kappa shape index (κ1) is 25.6. The predicted molar refractivity (Wildman–Crippen MR) is 151 cm³/mol. The van der Waals surface area contributed by atoms with Gasteiger partial charge in [-0.3, -0.25) is 9.69 Å². The largest absolute Gasteiger partial charge is 0.465 e. The number of carbonyl (C=O) groups excluding carboxylic acids is 1. The van der Waals surface area contributed by atoms with Gasteiger partial charge in [-0.15, -0.1) is 0 Å². The lowest BCUT2D eigenvalue weighted by molar-refractivity contribution is 0.0972. The Morgan fingerprint density at radius 2 is 1.85 bits per heavy atom. The van der Waals surface area contributed by atoms with Crippen LogP contribution in [0.25, 0.3) is 0 Å². The number of hydrogen-bond donors (Lipinski definition) is 1. The molecule has 1 N–H and O–H groups in total. The molecule has 3 saturated heterocycles. The van der Waals surface area contributed by atoms with Gasteiger partial charge in [-0.25, -0.2) is 4.79 Å². The summed E-state index contributed by atoms with van der Waals surface area (Å²) in [4.78, 5) is 43.3. The monoisotopic (exact) mass is 546 g/mol. The summed E-state index contributed by atoms with van der Waals surface area (Å²) in [7, 11) is 2.14.